The molecule has 2 N–H and O–H groups in total. The first kappa shape index (κ1) is 24.4. The number of rotatable bonds is 10. The van der Waals surface area contributed by atoms with Crippen LogP contribution in [0.1, 0.15) is 28.4 Å². The number of anilines is 1. The van der Waals surface area contributed by atoms with Gasteiger partial charge in [-0.1, -0.05) is 67.6 Å². The third-order valence-electron chi connectivity index (χ3n) is 4.85. The van der Waals surface area contributed by atoms with Gasteiger partial charge in [-0.25, -0.2) is 4.79 Å². The summed E-state index contributed by atoms with van der Waals surface area (Å²) >= 11 is 0. The van der Waals surface area contributed by atoms with Crippen molar-refractivity contribution in [3.63, 3.8) is 0 Å². The van der Waals surface area contributed by atoms with Gasteiger partial charge in [0, 0.05) is 18.3 Å². The third kappa shape index (κ3) is 7.68. The molecule has 0 saturated heterocycles. The molecular formula is C25H26NO6P. The lowest BCUT2D eigenvalue weighted by Crippen LogP contribution is -2.32. The van der Waals surface area contributed by atoms with Gasteiger partial charge in [0.25, 0.3) is 5.91 Å². The molecule has 0 heterocycles. The summed E-state index contributed by atoms with van der Waals surface area (Å²) < 4.78 is 22.7. The molecular weight excluding hydrogens is 441 g/mol. The Morgan fingerprint density at radius 3 is 2.06 bits per heavy atom. The van der Waals surface area contributed by atoms with E-state index < -0.39 is 25.6 Å². The molecule has 3 aromatic rings. The molecule has 8 heteroatoms. The van der Waals surface area contributed by atoms with E-state index in [0.29, 0.717) is 11.3 Å². The van der Waals surface area contributed by atoms with Gasteiger partial charge >= 0.3 is 13.6 Å². The van der Waals surface area contributed by atoms with Crippen molar-refractivity contribution < 1.29 is 28.3 Å². The Hall–Kier alpha value is -3.25. The minimum absolute atomic E-state index is 0.106. The Labute approximate surface area is 192 Å². The van der Waals surface area contributed by atoms with Crippen LogP contribution < -0.4 is 5.32 Å². The Kier molecular flexibility index (Phi) is 8.55. The Bertz CT molecular complexity index is 1100. The molecule has 0 aliphatic rings. The van der Waals surface area contributed by atoms with E-state index in [4.69, 9.17) is 9.26 Å². The minimum Gasteiger partial charge on any atom is -0.457 e. The molecule has 1 amide bonds. The lowest BCUT2D eigenvalue weighted by atomic mass is 10.1. The van der Waals surface area contributed by atoms with Crippen LogP contribution in [0.4, 0.5) is 5.69 Å². The van der Waals surface area contributed by atoms with Crippen LogP contribution in [0, 0.1) is 0 Å². The fraction of sp³-hybridized carbons (Fsp3) is 0.200. The van der Waals surface area contributed by atoms with Crippen LogP contribution in [0.2, 0.25) is 0 Å². The molecule has 2 atom stereocenters. The van der Waals surface area contributed by atoms with Crippen LogP contribution in [0.3, 0.4) is 0 Å². The van der Waals surface area contributed by atoms with Gasteiger partial charge in [-0.2, -0.15) is 0 Å². The second-order valence-corrected chi connectivity index (χ2v) is 9.48. The van der Waals surface area contributed by atoms with Crippen molar-refractivity contribution >= 4 is 25.2 Å². The van der Waals surface area contributed by atoms with Gasteiger partial charge in [0.05, 0.1) is 5.56 Å². The molecule has 0 fully saturated rings. The van der Waals surface area contributed by atoms with Crippen molar-refractivity contribution in [1.29, 1.82) is 0 Å². The summed E-state index contributed by atoms with van der Waals surface area (Å²) in [6.45, 7) is 1.68. The minimum atomic E-state index is -3.90. The van der Waals surface area contributed by atoms with E-state index in [1.165, 1.54) is 6.92 Å². The first-order valence-corrected chi connectivity index (χ1v) is 12.3. The van der Waals surface area contributed by atoms with E-state index in [1.807, 2.05) is 60.7 Å². The zero-order valence-corrected chi connectivity index (χ0v) is 19.1. The smallest absolute Gasteiger partial charge is 0.338 e. The summed E-state index contributed by atoms with van der Waals surface area (Å²) in [7, 11) is -3.90. The van der Waals surface area contributed by atoms with Crippen molar-refractivity contribution in [3.8, 4) is 0 Å². The van der Waals surface area contributed by atoms with Crippen LogP contribution in [0.5, 0.6) is 0 Å². The highest BCUT2D eigenvalue weighted by Crippen LogP contribution is 2.43. The molecule has 0 aliphatic carbocycles. The summed E-state index contributed by atoms with van der Waals surface area (Å²) in [4.78, 5) is 35.0. The molecule has 33 heavy (non-hydrogen) atoms. The summed E-state index contributed by atoms with van der Waals surface area (Å²) in [5.41, 5.74) is 2.44. The Balaban J connectivity index is 1.63. The molecule has 0 aliphatic heterocycles. The third-order valence-corrected chi connectivity index (χ3v) is 6.23. The van der Waals surface area contributed by atoms with E-state index in [-0.39, 0.29) is 19.2 Å². The number of amides is 1. The summed E-state index contributed by atoms with van der Waals surface area (Å²) in [6, 6.07) is 24.7. The van der Waals surface area contributed by atoms with Gasteiger partial charge in [0.1, 0.15) is 12.7 Å². The number of ether oxygens (including phenoxy) is 1. The van der Waals surface area contributed by atoms with Gasteiger partial charge < -0.3 is 14.9 Å². The van der Waals surface area contributed by atoms with Crippen LogP contribution in [-0.2, 0) is 31.6 Å². The van der Waals surface area contributed by atoms with Crippen molar-refractivity contribution in [2.45, 2.75) is 26.1 Å². The highest BCUT2D eigenvalue weighted by molar-refractivity contribution is 7.52. The molecule has 0 spiro atoms. The zero-order valence-electron chi connectivity index (χ0n) is 18.2. The maximum absolute atomic E-state index is 12.8. The van der Waals surface area contributed by atoms with E-state index in [0.717, 1.165) is 11.1 Å². The van der Waals surface area contributed by atoms with E-state index >= 15 is 0 Å². The first-order valence-electron chi connectivity index (χ1n) is 10.5. The van der Waals surface area contributed by atoms with Crippen molar-refractivity contribution in [1.82, 2.24) is 0 Å². The average Bonchev–Trinajstić information content (AvgIpc) is 2.84. The topological polar surface area (TPSA) is 102 Å². The normalized spacial score (nSPS) is 13.5. The van der Waals surface area contributed by atoms with Crippen molar-refractivity contribution in [2.75, 3.05) is 11.5 Å². The van der Waals surface area contributed by atoms with Crippen LogP contribution in [-0.4, -0.2) is 29.0 Å². The van der Waals surface area contributed by atoms with Crippen LogP contribution in [0.15, 0.2) is 84.9 Å². The maximum Gasteiger partial charge on any atom is 0.338 e. The second kappa shape index (κ2) is 11.6. The first-order chi connectivity index (χ1) is 15.9. The molecule has 1 unspecified atom stereocenters. The molecule has 0 radical (unpaired) electrons. The van der Waals surface area contributed by atoms with Gasteiger partial charge in [0.15, 0.2) is 0 Å². The lowest BCUT2D eigenvalue weighted by molar-refractivity contribution is -0.123. The zero-order chi connectivity index (χ0) is 23.7. The molecule has 3 aromatic carbocycles. The molecule has 172 valence electrons. The molecule has 0 bridgehead atoms. The molecule has 0 aromatic heterocycles. The summed E-state index contributed by atoms with van der Waals surface area (Å²) in [5, 5.41) is 2.68. The van der Waals surface area contributed by atoms with Gasteiger partial charge in [0.2, 0.25) is 0 Å². The van der Waals surface area contributed by atoms with Gasteiger partial charge in [-0.05, 0) is 35.4 Å². The lowest BCUT2D eigenvalue weighted by Gasteiger charge is -2.20. The quantitative estimate of drug-likeness (QED) is 0.328. The van der Waals surface area contributed by atoms with E-state index in [9.17, 15) is 19.0 Å². The predicted octanol–water partition coefficient (Wildman–Crippen LogP) is 4.82. The number of nitrogens with one attached hydrogen (secondary N) is 1. The number of esters is 1. The molecule has 7 nitrogen and oxygen atoms in total. The van der Waals surface area contributed by atoms with Gasteiger partial charge in [-0.15, -0.1) is 0 Å². The maximum atomic E-state index is 12.8. The highest BCUT2D eigenvalue weighted by atomic mass is 31.2. The van der Waals surface area contributed by atoms with Crippen LogP contribution in [0.25, 0.3) is 0 Å². The summed E-state index contributed by atoms with van der Waals surface area (Å²) in [5.74, 6) is -1.04. The standard InChI is InChI=1S/C25H26NO6P/c1-2-33(29,30)32-23(17-19-9-5-3-6-10-19)24(27)26-22-15-13-21(14-16-22)25(28)31-18-20-11-7-4-8-12-20/h3-16,23H,2,17-18H2,1H3,(H,26,27)(H,29,30)/t23-/m0/s1. The van der Waals surface area contributed by atoms with E-state index in [1.54, 1.807) is 24.3 Å². The van der Waals surface area contributed by atoms with E-state index in [2.05, 4.69) is 5.32 Å². The fourth-order valence-electron chi connectivity index (χ4n) is 3.00. The summed E-state index contributed by atoms with van der Waals surface area (Å²) in [6.07, 6.45) is -1.12. The highest BCUT2D eigenvalue weighted by Gasteiger charge is 2.28. The van der Waals surface area contributed by atoms with Crippen LogP contribution >= 0.6 is 7.60 Å². The fourth-order valence-corrected chi connectivity index (χ4v) is 3.72. The van der Waals surface area contributed by atoms with Gasteiger partial charge in [-0.3, -0.25) is 13.9 Å². The number of carbonyl (C=O) groups is 2. The van der Waals surface area contributed by atoms with Crippen molar-refractivity contribution in [2.24, 2.45) is 0 Å². The number of benzene rings is 3. The SMILES string of the molecule is CCP(=O)(O)O[C@@H](Cc1ccccc1)C(=O)Nc1ccc(C(=O)OCc2ccccc2)cc1. The number of hydrogen-bond donors (Lipinski definition) is 2. The Morgan fingerprint density at radius 2 is 1.48 bits per heavy atom. The average molecular weight is 467 g/mol. The second-order valence-electron chi connectivity index (χ2n) is 7.37. The Morgan fingerprint density at radius 1 is 0.909 bits per heavy atom. The largest absolute Gasteiger partial charge is 0.457 e. The number of carbonyl (C=O) groups excluding carboxylic acids is 2. The monoisotopic (exact) mass is 467 g/mol. The number of hydrogen-bond acceptors (Lipinski definition) is 5. The molecule has 3 rings (SSSR count). The van der Waals surface area contributed by atoms with Crippen molar-refractivity contribution in [3.05, 3.63) is 102 Å². The predicted molar refractivity (Wildman–Crippen MR) is 126 cm³/mol. The molecule has 0 saturated carbocycles.